The molecule has 0 radical (unpaired) electrons. The van der Waals surface area contributed by atoms with Gasteiger partial charge in [-0.2, -0.15) is 0 Å². The van der Waals surface area contributed by atoms with Crippen molar-refractivity contribution in [3.8, 4) is 11.8 Å². The molecule has 0 aromatic carbocycles. The quantitative estimate of drug-likeness (QED) is 0.250. The van der Waals surface area contributed by atoms with Crippen molar-refractivity contribution >= 4 is 5.78 Å². The standard InChI is InChI=1S/C22H34O/c1-3-5-7-9-11-13-15-20-17-18-22(23)19-21(20)16-14-12-10-8-6-4-2/h4,6,17-18,20-21H,7-16,19H2,1-2H3/b6-4+/t20-,21-/m1/s1. The van der Waals surface area contributed by atoms with Crippen LogP contribution in [-0.4, -0.2) is 5.78 Å². The number of ketones is 1. The summed E-state index contributed by atoms with van der Waals surface area (Å²) >= 11 is 0. The van der Waals surface area contributed by atoms with E-state index in [0.29, 0.717) is 17.6 Å². The molecule has 0 saturated heterocycles. The van der Waals surface area contributed by atoms with Gasteiger partial charge in [-0.25, -0.2) is 0 Å². The van der Waals surface area contributed by atoms with Gasteiger partial charge < -0.3 is 0 Å². The van der Waals surface area contributed by atoms with Crippen LogP contribution in [0, 0.1) is 23.7 Å². The Morgan fingerprint density at radius 2 is 1.91 bits per heavy atom. The third-order valence-corrected chi connectivity index (χ3v) is 4.80. The van der Waals surface area contributed by atoms with Gasteiger partial charge in [0.05, 0.1) is 0 Å². The van der Waals surface area contributed by atoms with Gasteiger partial charge in [-0.1, -0.05) is 43.9 Å². The summed E-state index contributed by atoms with van der Waals surface area (Å²) < 4.78 is 0. The molecular formula is C22H34O. The summed E-state index contributed by atoms with van der Waals surface area (Å²) in [6.45, 7) is 3.99. The van der Waals surface area contributed by atoms with Crippen molar-refractivity contribution < 1.29 is 4.79 Å². The van der Waals surface area contributed by atoms with Gasteiger partial charge in [-0.15, -0.1) is 11.8 Å². The van der Waals surface area contributed by atoms with Crippen LogP contribution in [0.1, 0.15) is 84.5 Å². The highest BCUT2D eigenvalue weighted by Crippen LogP contribution is 2.32. The van der Waals surface area contributed by atoms with E-state index in [4.69, 9.17) is 0 Å². The van der Waals surface area contributed by atoms with Crippen molar-refractivity contribution in [1.29, 1.82) is 0 Å². The molecule has 1 aliphatic carbocycles. The average Bonchev–Trinajstić information content (AvgIpc) is 2.55. The van der Waals surface area contributed by atoms with Gasteiger partial charge in [0.15, 0.2) is 5.78 Å². The first kappa shape index (κ1) is 19.8. The summed E-state index contributed by atoms with van der Waals surface area (Å²) in [4.78, 5) is 11.7. The van der Waals surface area contributed by atoms with Crippen LogP contribution in [0.3, 0.4) is 0 Å². The number of carbonyl (C=O) groups excluding carboxylic acids is 1. The zero-order valence-corrected chi connectivity index (χ0v) is 15.2. The molecule has 1 heteroatoms. The normalized spacial score (nSPS) is 20.7. The minimum atomic E-state index is 0.332. The minimum absolute atomic E-state index is 0.332. The molecule has 0 aliphatic heterocycles. The maximum absolute atomic E-state index is 11.7. The second-order valence-corrected chi connectivity index (χ2v) is 6.69. The summed E-state index contributed by atoms with van der Waals surface area (Å²) in [5.74, 6) is 7.64. The highest BCUT2D eigenvalue weighted by molar-refractivity contribution is 5.90. The number of hydrogen-bond donors (Lipinski definition) is 0. The molecule has 0 heterocycles. The van der Waals surface area contributed by atoms with Crippen LogP contribution in [-0.2, 0) is 4.79 Å². The molecule has 23 heavy (non-hydrogen) atoms. The fourth-order valence-corrected chi connectivity index (χ4v) is 3.42. The number of rotatable bonds is 11. The van der Waals surface area contributed by atoms with Crippen molar-refractivity contribution in [3.63, 3.8) is 0 Å². The Hall–Kier alpha value is -1.29. The Balaban J connectivity index is 2.25. The van der Waals surface area contributed by atoms with Crippen molar-refractivity contribution in [2.75, 3.05) is 0 Å². The molecular weight excluding hydrogens is 280 g/mol. The molecule has 0 bridgehead atoms. The minimum Gasteiger partial charge on any atom is -0.295 e. The first-order valence-electron chi connectivity index (χ1n) is 9.49. The topological polar surface area (TPSA) is 17.1 Å². The van der Waals surface area contributed by atoms with Crippen molar-refractivity contribution in [2.45, 2.75) is 84.5 Å². The van der Waals surface area contributed by atoms with Crippen LogP contribution in [0.15, 0.2) is 24.3 Å². The second kappa shape index (κ2) is 13.2. The van der Waals surface area contributed by atoms with Crippen molar-refractivity contribution in [2.24, 2.45) is 11.8 Å². The van der Waals surface area contributed by atoms with Crippen molar-refractivity contribution in [3.05, 3.63) is 24.3 Å². The summed E-state index contributed by atoms with van der Waals surface area (Å²) in [7, 11) is 0. The molecule has 1 aliphatic rings. The maximum Gasteiger partial charge on any atom is 0.155 e. The Bertz CT molecular complexity index is 433. The molecule has 0 fully saturated rings. The molecule has 0 N–H and O–H groups in total. The van der Waals surface area contributed by atoms with Crippen LogP contribution in [0.25, 0.3) is 0 Å². The van der Waals surface area contributed by atoms with Gasteiger partial charge in [0, 0.05) is 12.8 Å². The molecule has 1 rings (SSSR count). The lowest BCUT2D eigenvalue weighted by Gasteiger charge is -2.27. The lowest BCUT2D eigenvalue weighted by molar-refractivity contribution is -0.116. The van der Waals surface area contributed by atoms with Gasteiger partial charge in [0.1, 0.15) is 0 Å². The number of unbranched alkanes of at least 4 members (excludes halogenated alkanes) is 6. The van der Waals surface area contributed by atoms with Crippen molar-refractivity contribution in [1.82, 2.24) is 0 Å². The van der Waals surface area contributed by atoms with Gasteiger partial charge in [-0.05, 0) is 63.9 Å². The lowest BCUT2D eigenvalue weighted by atomic mass is 9.77. The largest absolute Gasteiger partial charge is 0.295 e. The molecule has 128 valence electrons. The van der Waals surface area contributed by atoms with E-state index in [2.05, 4.69) is 37.0 Å². The molecule has 2 atom stereocenters. The van der Waals surface area contributed by atoms with E-state index in [1.54, 1.807) is 0 Å². The SMILES string of the molecule is CC#CCCCCC[C@@H]1C=CC(=O)C[C@H]1CCCCC/C=C/C. The van der Waals surface area contributed by atoms with Gasteiger partial charge >= 0.3 is 0 Å². The zero-order chi connectivity index (χ0) is 16.8. The summed E-state index contributed by atoms with van der Waals surface area (Å²) in [5.41, 5.74) is 0. The van der Waals surface area contributed by atoms with Gasteiger partial charge in [0.25, 0.3) is 0 Å². The summed E-state index contributed by atoms with van der Waals surface area (Å²) in [5, 5.41) is 0. The van der Waals surface area contributed by atoms with E-state index in [-0.39, 0.29) is 0 Å². The number of carbonyl (C=O) groups is 1. The smallest absolute Gasteiger partial charge is 0.155 e. The predicted octanol–water partition coefficient (Wildman–Crippen LogP) is 6.25. The highest BCUT2D eigenvalue weighted by atomic mass is 16.1. The predicted molar refractivity (Wildman–Crippen MR) is 100 cm³/mol. The molecule has 0 aromatic heterocycles. The Morgan fingerprint density at radius 3 is 2.70 bits per heavy atom. The van der Waals surface area contributed by atoms with E-state index in [1.807, 2.05) is 13.0 Å². The van der Waals surface area contributed by atoms with Gasteiger partial charge in [-0.3, -0.25) is 4.79 Å². The Kier molecular flexibility index (Phi) is 11.3. The summed E-state index contributed by atoms with van der Waals surface area (Å²) in [6.07, 6.45) is 21.5. The van der Waals surface area contributed by atoms with E-state index in [9.17, 15) is 4.79 Å². The molecule has 0 spiro atoms. The Labute approximate surface area is 143 Å². The Morgan fingerprint density at radius 1 is 1.13 bits per heavy atom. The number of allylic oxidation sites excluding steroid dienone is 4. The molecule has 0 unspecified atom stereocenters. The molecule has 1 nitrogen and oxygen atoms in total. The van der Waals surface area contributed by atoms with E-state index in [0.717, 1.165) is 12.8 Å². The zero-order valence-electron chi connectivity index (χ0n) is 15.2. The third-order valence-electron chi connectivity index (χ3n) is 4.80. The van der Waals surface area contributed by atoms with E-state index < -0.39 is 0 Å². The molecule has 0 aromatic rings. The first-order valence-corrected chi connectivity index (χ1v) is 9.49. The average molecular weight is 315 g/mol. The van der Waals surface area contributed by atoms with E-state index in [1.165, 1.54) is 57.8 Å². The third kappa shape index (κ3) is 9.44. The fraction of sp³-hybridized carbons (Fsp3) is 0.682. The summed E-state index contributed by atoms with van der Waals surface area (Å²) in [6, 6.07) is 0. The maximum atomic E-state index is 11.7. The monoisotopic (exact) mass is 314 g/mol. The second-order valence-electron chi connectivity index (χ2n) is 6.69. The van der Waals surface area contributed by atoms with Crippen LogP contribution in [0.5, 0.6) is 0 Å². The molecule has 0 amide bonds. The lowest BCUT2D eigenvalue weighted by Crippen LogP contribution is -2.21. The van der Waals surface area contributed by atoms with Gasteiger partial charge in [0.2, 0.25) is 0 Å². The molecule has 0 saturated carbocycles. The first-order chi connectivity index (χ1) is 11.3. The van der Waals surface area contributed by atoms with Crippen LogP contribution in [0.4, 0.5) is 0 Å². The van der Waals surface area contributed by atoms with E-state index >= 15 is 0 Å². The van der Waals surface area contributed by atoms with Crippen LogP contribution in [0.2, 0.25) is 0 Å². The number of hydrogen-bond acceptors (Lipinski definition) is 1. The van der Waals surface area contributed by atoms with Crippen LogP contribution >= 0.6 is 0 Å². The van der Waals surface area contributed by atoms with Crippen LogP contribution < -0.4 is 0 Å². The highest BCUT2D eigenvalue weighted by Gasteiger charge is 2.24. The fourth-order valence-electron chi connectivity index (χ4n) is 3.42.